The molecule has 0 saturated heterocycles. The standard InChI is InChI=1S/C16H18FN3O/c1-16(2,3)20-15-13(9-18-20)12(8-14(21)19-15)10-4-6-11(17)7-5-10/h4-7,9,12H,8H2,1-3H3,(H,19,21). The number of halogens is 1. The number of rotatable bonds is 1. The van der Waals surface area contributed by atoms with Crippen molar-refractivity contribution in [3.63, 3.8) is 0 Å². The number of hydrogen-bond acceptors (Lipinski definition) is 2. The molecule has 3 rings (SSSR count). The molecule has 4 nitrogen and oxygen atoms in total. The van der Waals surface area contributed by atoms with Crippen LogP contribution in [0.4, 0.5) is 10.2 Å². The fourth-order valence-electron chi connectivity index (χ4n) is 2.72. The molecule has 0 fully saturated rings. The molecular weight excluding hydrogens is 269 g/mol. The summed E-state index contributed by atoms with van der Waals surface area (Å²) in [6.45, 7) is 6.11. The summed E-state index contributed by atoms with van der Waals surface area (Å²) >= 11 is 0. The maximum absolute atomic E-state index is 13.1. The van der Waals surface area contributed by atoms with Gasteiger partial charge in [0.1, 0.15) is 11.6 Å². The Balaban J connectivity index is 2.09. The summed E-state index contributed by atoms with van der Waals surface area (Å²) in [5, 5.41) is 7.34. The average molecular weight is 287 g/mol. The number of fused-ring (bicyclic) bond motifs is 1. The van der Waals surface area contributed by atoms with E-state index in [2.05, 4.69) is 10.4 Å². The van der Waals surface area contributed by atoms with Crippen LogP contribution in [-0.4, -0.2) is 15.7 Å². The minimum absolute atomic E-state index is 0.0391. The third-order valence-corrected chi connectivity index (χ3v) is 3.73. The predicted molar refractivity (Wildman–Crippen MR) is 78.7 cm³/mol. The number of carbonyl (C=O) groups is 1. The van der Waals surface area contributed by atoms with Crippen molar-refractivity contribution in [3.05, 3.63) is 47.4 Å². The molecule has 1 atom stereocenters. The molecule has 0 saturated carbocycles. The van der Waals surface area contributed by atoms with E-state index in [1.807, 2.05) is 25.5 Å². The molecule has 0 radical (unpaired) electrons. The van der Waals surface area contributed by atoms with E-state index >= 15 is 0 Å². The highest BCUT2D eigenvalue weighted by Gasteiger charge is 2.32. The lowest BCUT2D eigenvalue weighted by Crippen LogP contribution is -2.30. The first-order chi connectivity index (χ1) is 9.86. The van der Waals surface area contributed by atoms with E-state index in [4.69, 9.17) is 0 Å². The molecule has 1 amide bonds. The van der Waals surface area contributed by atoms with Gasteiger partial charge in [0.15, 0.2) is 0 Å². The third-order valence-electron chi connectivity index (χ3n) is 3.73. The maximum Gasteiger partial charge on any atom is 0.226 e. The highest BCUT2D eigenvalue weighted by Crippen LogP contribution is 2.38. The van der Waals surface area contributed by atoms with Gasteiger partial charge in [0.2, 0.25) is 5.91 Å². The molecule has 1 N–H and O–H groups in total. The lowest BCUT2D eigenvalue weighted by Gasteiger charge is -2.28. The SMILES string of the molecule is CC(C)(C)n1ncc2c1NC(=O)CC2c1ccc(F)cc1. The second kappa shape index (κ2) is 4.69. The van der Waals surface area contributed by atoms with Gasteiger partial charge < -0.3 is 5.32 Å². The number of nitrogens with zero attached hydrogens (tertiary/aromatic N) is 2. The number of hydrogen-bond donors (Lipinski definition) is 1. The van der Waals surface area contributed by atoms with E-state index < -0.39 is 0 Å². The predicted octanol–water partition coefficient (Wildman–Crippen LogP) is 3.25. The van der Waals surface area contributed by atoms with Gasteiger partial charge in [-0.15, -0.1) is 0 Å². The molecule has 5 heteroatoms. The van der Waals surface area contributed by atoms with Crippen LogP contribution in [0.2, 0.25) is 0 Å². The van der Waals surface area contributed by atoms with Crippen molar-refractivity contribution in [3.8, 4) is 0 Å². The summed E-state index contributed by atoms with van der Waals surface area (Å²) in [6, 6.07) is 6.32. The smallest absolute Gasteiger partial charge is 0.226 e. The van der Waals surface area contributed by atoms with Gasteiger partial charge in [-0.3, -0.25) is 4.79 Å². The molecule has 2 heterocycles. The van der Waals surface area contributed by atoms with E-state index in [9.17, 15) is 9.18 Å². The van der Waals surface area contributed by atoms with Crippen LogP contribution in [-0.2, 0) is 10.3 Å². The largest absolute Gasteiger partial charge is 0.311 e. The number of anilines is 1. The average Bonchev–Trinajstić information content (AvgIpc) is 2.82. The van der Waals surface area contributed by atoms with Crippen LogP contribution in [0.25, 0.3) is 0 Å². The molecule has 1 aliphatic heterocycles. The molecule has 1 aliphatic rings. The van der Waals surface area contributed by atoms with Crippen molar-refractivity contribution in [2.24, 2.45) is 0 Å². The van der Waals surface area contributed by atoms with Crippen LogP contribution >= 0.6 is 0 Å². The van der Waals surface area contributed by atoms with Crippen molar-refractivity contribution in [1.82, 2.24) is 9.78 Å². The van der Waals surface area contributed by atoms with Gasteiger partial charge in [-0.1, -0.05) is 12.1 Å². The van der Waals surface area contributed by atoms with Crippen LogP contribution in [0.5, 0.6) is 0 Å². The van der Waals surface area contributed by atoms with E-state index in [0.29, 0.717) is 6.42 Å². The lowest BCUT2D eigenvalue weighted by molar-refractivity contribution is -0.116. The minimum Gasteiger partial charge on any atom is -0.311 e. The summed E-state index contributed by atoms with van der Waals surface area (Å²) in [5.74, 6) is 0.353. The molecule has 0 spiro atoms. The van der Waals surface area contributed by atoms with Gasteiger partial charge in [-0.25, -0.2) is 9.07 Å². The Bertz CT molecular complexity index is 683. The third kappa shape index (κ3) is 2.44. The summed E-state index contributed by atoms with van der Waals surface area (Å²) in [7, 11) is 0. The monoisotopic (exact) mass is 287 g/mol. The van der Waals surface area contributed by atoms with E-state index in [1.54, 1.807) is 18.3 Å². The van der Waals surface area contributed by atoms with Crippen LogP contribution in [0.1, 0.15) is 44.2 Å². The zero-order chi connectivity index (χ0) is 15.2. The van der Waals surface area contributed by atoms with Crippen LogP contribution in [0.3, 0.4) is 0 Å². The first-order valence-corrected chi connectivity index (χ1v) is 7.00. The summed E-state index contributed by atoms with van der Waals surface area (Å²) in [5.41, 5.74) is 1.70. The molecule has 21 heavy (non-hydrogen) atoms. The molecule has 1 unspecified atom stereocenters. The van der Waals surface area contributed by atoms with Gasteiger partial charge in [-0.05, 0) is 38.5 Å². The van der Waals surface area contributed by atoms with Crippen molar-refractivity contribution in [1.29, 1.82) is 0 Å². The number of amides is 1. The second-order valence-electron chi connectivity index (χ2n) is 6.39. The minimum atomic E-state index is -0.273. The first-order valence-electron chi connectivity index (χ1n) is 7.00. The first kappa shape index (κ1) is 13.8. The Hall–Kier alpha value is -2.17. The van der Waals surface area contributed by atoms with Crippen LogP contribution in [0, 0.1) is 5.82 Å². The quantitative estimate of drug-likeness (QED) is 0.875. The van der Waals surface area contributed by atoms with Gasteiger partial charge >= 0.3 is 0 Å². The number of nitrogens with one attached hydrogen (secondary N) is 1. The fraction of sp³-hybridized carbons (Fsp3) is 0.375. The Morgan fingerprint density at radius 2 is 1.95 bits per heavy atom. The zero-order valence-electron chi connectivity index (χ0n) is 12.4. The molecule has 0 aliphatic carbocycles. The van der Waals surface area contributed by atoms with Crippen molar-refractivity contribution in [2.75, 3.05) is 5.32 Å². The molecule has 110 valence electrons. The zero-order valence-corrected chi connectivity index (χ0v) is 12.4. The van der Waals surface area contributed by atoms with Crippen molar-refractivity contribution >= 4 is 11.7 Å². The van der Waals surface area contributed by atoms with Gasteiger partial charge in [0, 0.05) is 17.9 Å². The number of carbonyl (C=O) groups excluding carboxylic acids is 1. The highest BCUT2D eigenvalue weighted by molar-refractivity contribution is 5.94. The van der Waals surface area contributed by atoms with Gasteiger partial charge in [0.25, 0.3) is 0 Å². The summed E-state index contributed by atoms with van der Waals surface area (Å²) < 4.78 is 14.9. The Kier molecular flexibility index (Phi) is 3.08. The normalized spacial score (nSPS) is 18.3. The van der Waals surface area contributed by atoms with Crippen LogP contribution in [0.15, 0.2) is 30.5 Å². The summed E-state index contributed by atoms with van der Waals surface area (Å²) in [4.78, 5) is 12.0. The number of benzene rings is 1. The van der Waals surface area contributed by atoms with Gasteiger partial charge in [0.05, 0.1) is 11.7 Å². The van der Waals surface area contributed by atoms with Crippen LogP contribution < -0.4 is 5.32 Å². The topological polar surface area (TPSA) is 46.9 Å². The van der Waals surface area contributed by atoms with E-state index in [1.165, 1.54) is 12.1 Å². The Morgan fingerprint density at radius 3 is 2.57 bits per heavy atom. The van der Waals surface area contributed by atoms with E-state index in [-0.39, 0.29) is 23.2 Å². The van der Waals surface area contributed by atoms with Crippen molar-refractivity contribution in [2.45, 2.75) is 38.6 Å². The van der Waals surface area contributed by atoms with Gasteiger partial charge in [-0.2, -0.15) is 5.10 Å². The molecule has 1 aromatic carbocycles. The fourth-order valence-corrected chi connectivity index (χ4v) is 2.72. The van der Waals surface area contributed by atoms with E-state index in [0.717, 1.165) is 16.9 Å². The number of aromatic nitrogens is 2. The molecular formula is C16H18FN3O. The second-order valence-corrected chi connectivity index (χ2v) is 6.39. The molecule has 1 aromatic heterocycles. The molecule has 0 bridgehead atoms. The Morgan fingerprint density at radius 1 is 1.29 bits per heavy atom. The summed E-state index contributed by atoms with van der Waals surface area (Å²) in [6.07, 6.45) is 2.16. The van der Waals surface area contributed by atoms with Crippen molar-refractivity contribution < 1.29 is 9.18 Å². The highest BCUT2D eigenvalue weighted by atomic mass is 19.1. The molecule has 2 aromatic rings. The maximum atomic E-state index is 13.1. The lowest BCUT2D eigenvalue weighted by atomic mass is 9.87. The Labute approximate surface area is 123 Å².